The predicted octanol–water partition coefficient (Wildman–Crippen LogP) is 3.06. The number of piperidine rings is 1. The second-order valence-electron chi connectivity index (χ2n) is 8.24. The van der Waals surface area contributed by atoms with Crippen LogP contribution in [0.3, 0.4) is 0 Å². The lowest BCUT2D eigenvalue weighted by molar-refractivity contribution is -0.119. The number of benzene rings is 1. The summed E-state index contributed by atoms with van der Waals surface area (Å²) in [5.41, 5.74) is 6.72. The number of guanidine groups is 1. The van der Waals surface area contributed by atoms with Gasteiger partial charge in [-0.15, -0.1) is 0 Å². The van der Waals surface area contributed by atoms with Gasteiger partial charge in [0, 0.05) is 26.7 Å². The topological polar surface area (TPSA) is 80.0 Å². The molecule has 154 valence electrons. The highest BCUT2D eigenvalue weighted by Gasteiger charge is 2.36. The maximum atomic E-state index is 10.9. The van der Waals surface area contributed by atoms with Crippen molar-refractivity contribution in [3.05, 3.63) is 29.8 Å². The second kappa shape index (κ2) is 9.80. The van der Waals surface area contributed by atoms with E-state index in [1.54, 1.807) is 0 Å². The van der Waals surface area contributed by atoms with Crippen molar-refractivity contribution in [3.63, 3.8) is 0 Å². The van der Waals surface area contributed by atoms with Crippen LogP contribution in [0, 0.1) is 5.41 Å². The van der Waals surface area contributed by atoms with E-state index in [2.05, 4.69) is 15.2 Å². The lowest BCUT2D eigenvalue weighted by atomic mass is 9.74. The maximum absolute atomic E-state index is 10.9. The van der Waals surface area contributed by atoms with Gasteiger partial charge in [0.2, 0.25) is 0 Å². The third kappa shape index (κ3) is 5.63. The number of carbonyl (C=O) groups excluding carboxylic acids is 1. The molecule has 1 aromatic carbocycles. The van der Waals surface area contributed by atoms with Crippen LogP contribution >= 0.6 is 0 Å². The lowest BCUT2D eigenvalue weighted by Gasteiger charge is -2.44. The van der Waals surface area contributed by atoms with Crippen molar-refractivity contribution in [1.82, 2.24) is 10.2 Å². The molecule has 1 saturated carbocycles. The summed E-state index contributed by atoms with van der Waals surface area (Å²) in [6.45, 7) is 2.76. The number of nitrogens with two attached hydrogens (primary N) is 1. The van der Waals surface area contributed by atoms with E-state index in [1.165, 1.54) is 51.4 Å². The van der Waals surface area contributed by atoms with Crippen molar-refractivity contribution in [2.24, 2.45) is 16.1 Å². The Morgan fingerprint density at radius 3 is 2.68 bits per heavy atom. The molecule has 2 fully saturated rings. The van der Waals surface area contributed by atoms with Crippen molar-refractivity contribution >= 4 is 11.9 Å². The summed E-state index contributed by atoms with van der Waals surface area (Å²) >= 11 is 0. The number of carbonyl (C=O) groups is 1. The van der Waals surface area contributed by atoms with Crippen molar-refractivity contribution in [2.75, 3.05) is 26.7 Å². The van der Waals surface area contributed by atoms with E-state index in [0.29, 0.717) is 17.7 Å². The van der Waals surface area contributed by atoms with Gasteiger partial charge in [-0.1, -0.05) is 37.8 Å². The average molecular weight is 387 g/mol. The Morgan fingerprint density at radius 2 is 1.96 bits per heavy atom. The largest absolute Gasteiger partial charge is 0.484 e. The van der Waals surface area contributed by atoms with Crippen LogP contribution < -0.4 is 15.8 Å². The summed E-state index contributed by atoms with van der Waals surface area (Å²) in [5, 5.41) is 3.51. The molecule has 3 rings (SSSR count). The molecule has 1 aromatic rings. The molecule has 6 nitrogen and oxygen atoms in total. The molecule has 2 aliphatic rings. The molecule has 0 bridgehead atoms. The molecule has 1 amide bonds. The van der Waals surface area contributed by atoms with Gasteiger partial charge in [-0.2, -0.15) is 0 Å². The quantitative estimate of drug-likeness (QED) is 0.602. The Labute approximate surface area is 168 Å². The number of aliphatic imine (C=N–C) groups is 1. The van der Waals surface area contributed by atoms with Crippen LogP contribution in [0.15, 0.2) is 29.3 Å². The third-order valence-electron chi connectivity index (χ3n) is 6.07. The van der Waals surface area contributed by atoms with E-state index in [-0.39, 0.29) is 6.61 Å². The zero-order valence-corrected chi connectivity index (χ0v) is 17.1. The van der Waals surface area contributed by atoms with E-state index in [1.807, 2.05) is 31.3 Å². The van der Waals surface area contributed by atoms with Crippen LogP contribution in [0.4, 0.5) is 0 Å². The van der Waals surface area contributed by atoms with Gasteiger partial charge in [0.15, 0.2) is 12.6 Å². The van der Waals surface area contributed by atoms with Crippen LogP contribution in [0.1, 0.15) is 56.9 Å². The first-order valence-corrected chi connectivity index (χ1v) is 10.6. The average Bonchev–Trinajstić information content (AvgIpc) is 2.92. The first-order chi connectivity index (χ1) is 13.6. The lowest BCUT2D eigenvalue weighted by Crippen LogP contribution is -2.50. The molecule has 1 aliphatic heterocycles. The molecule has 0 aromatic heterocycles. The molecule has 28 heavy (non-hydrogen) atoms. The van der Waals surface area contributed by atoms with Crippen LogP contribution in [0.2, 0.25) is 0 Å². The van der Waals surface area contributed by atoms with Crippen LogP contribution in [-0.4, -0.2) is 43.5 Å². The van der Waals surface area contributed by atoms with Crippen molar-refractivity contribution in [3.8, 4) is 5.75 Å². The van der Waals surface area contributed by atoms with Gasteiger partial charge in [0.1, 0.15) is 5.75 Å². The van der Waals surface area contributed by atoms with Gasteiger partial charge in [0.25, 0.3) is 5.91 Å². The maximum Gasteiger partial charge on any atom is 0.255 e. The van der Waals surface area contributed by atoms with Gasteiger partial charge in [-0.25, -0.2) is 0 Å². The summed E-state index contributed by atoms with van der Waals surface area (Å²) in [6, 6.07) is 7.74. The number of nitrogens with one attached hydrogen (secondary N) is 1. The molecule has 1 aliphatic carbocycles. The number of likely N-dealkylation sites (tertiary alicyclic amines) is 1. The van der Waals surface area contributed by atoms with E-state index in [0.717, 1.165) is 24.6 Å². The van der Waals surface area contributed by atoms with E-state index in [4.69, 9.17) is 10.5 Å². The summed E-state index contributed by atoms with van der Waals surface area (Å²) in [6.07, 6.45) is 10.9. The summed E-state index contributed by atoms with van der Waals surface area (Å²) in [4.78, 5) is 17.9. The standard InChI is InChI=1S/C22H34N4O2/c1-24-21(25-15-18-8-6-9-19(14-18)28-16-20(23)27)26-13-7-12-22(17-26)10-4-2-3-5-11-22/h6,8-9,14H,2-5,7,10-13,15-17H2,1H3,(H2,23,27)(H,24,25). The Bertz CT molecular complexity index is 681. The van der Waals surface area contributed by atoms with E-state index >= 15 is 0 Å². The van der Waals surface area contributed by atoms with Gasteiger partial charge in [-0.3, -0.25) is 9.79 Å². The highest BCUT2D eigenvalue weighted by atomic mass is 16.5. The number of nitrogens with zero attached hydrogens (tertiary/aromatic N) is 2. The molecule has 1 spiro atoms. The highest BCUT2D eigenvalue weighted by Crippen LogP contribution is 2.42. The molecule has 1 saturated heterocycles. The van der Waals surface area contributed by atoms with Crippen molar-refractivity contribution < 1.29 is 9.53 Å². The molecular formula is C22H34N4O2. The number of rotatable bonds is 5. The highest BCUT2D eigenvalue weighted by molar-refractivity contribution is 5.80. The number of hydrogen-bond donors (Lipinski definition) is 2. The van der Waals surface area contributed by atoms with Gasteiger partial charge >= 0.3 is 0 Å². The minimum atomic E-state index is -0.471. The third-order valence-corrected chi connectivity index (χ3v) is 6.07. The minimum absolute atomic E-state index is 0.103. The summed E-state index contributed by atoms with van der Waals surface area (Å²) < 4.78 is 5.40. The molecule has 0 unspecified atom stereocenters. The Morgan fingerprint density at radius 1 is 1.21 bits per heavy atom. The normalized spacial score (nSPS) is 19.9. The number of ether oxygens (including phenoxy) is 1. The van der Waals surface area contributed by atoms with Crippen LogP contribution in [0.5, 0.6) is 5.75 Å². The Kier molecular flexibility index (Phi) is 7.18. The molecule has 6 heteroatoms. The number of primary amides is 1. The Balaban J connectivity index is 1.58. The smallest absolute Gasteiger partial charge is 0.255 e. The number of hydrogen-bond acceptors (Lipinski definition) is 3. The monoisotopic (exact) mass is 386 g/mol. The van der Waals surface area contributed by atoms with Gasteiger partial charge in [0.05, 0.1) is 0 Å². The molecule has 3 N–H and O–H groups in total. The van der Waals surface area contributed by atoms with E-state index in [9.17, 15) is 4.79 Å². The van der Waals surface area contributed by atoms with Gasteiger partial charge in [-0.05, 0) is 48.8 Å². The summed E-state index contributed by atoms with van der Waals surface area (Å²) in [5.74, 6) is 1.16. The Hall–Kier alpha value is -2.24. The second-order valence-corrected chi connectivity index (χ2v) is 8.24. The molecular weight excluding hydrogens is 352 g/mol. The van der Waals surface area contributed by atoms with Crippen LogP contribution in [-0.2, 0) is 11.3 Å². The fourth-order valence-corrected chi connectivity index (χ4v) is 4.69. The molecule has 1 heterocycles. The molecule has 0 atom stereocenters. The van der Waals surface area contributed by atoms with Gasteiger partial charge < -0.3 is 20.7 Å². The van der Waals surface area contributed by atoms with Crippen LogP contribution in [0.25, 0.3) is 0 Å². The fourth-order valence-electron chi connectivity index (χ4n) is 4.69. The van der Waals surface area contributed by atoms with Crippen molar-refractivity contribution in [1.29, 1.82) is 0 Å². The summed E-state index contributed by atoms with van der Waals surface area (Å²) in [7, 11) is 1.86. The minimum Gasteiger partial charge on any atom is -0.484 e. The zero-order chi connectivity index (χ0) is 19.8. The van der Waals surface area contributed by atoms with E-state index < -0.39 is 5.91 Å². The zero-order valence-electron chi connectivity index (χ0n) is 17.1. The fraction of sp³-hybridized carbons (Fsp3) is 0.636. The first-order valence-electron chi connectivity index (χ1n) is 10.6. The predicted molar refractivity (Wildman–Crippen MR) is 112 cm³/mol. The molecule has 0 radical (unpaired) electrons. The number of amides is 1. The van der Waals surface area contributed by atoms with Crippen molar-refractivity contribution in [2.45, 2.75) is 57.9 Å². The SMILES string of the molecule is CN=C(NCc1cccc(OCC(N)=O)c1)N1CCCC2(CCCCCC2)C1. The first kappa shape index (κ1) is 20.5.